The zero-order valence-electron chi connectivity index (χ0n) is 9.52. The molecule has 0 fully saturated rings. The average molecular weight is 288 g/mol. The van der Waals surface area contributed by atoms with Gasteiger partial charge in [0.15, 0.2) is 0 Å². The molecular weight excluding hydrogens is 278 g/mol. The molecule has 1 aromatic rings. The molecule has 0 aliphatic carbocycles. The summed E-state index contributed by atoms with van der Waals surface area (Å²) in [5.41, 5.74) is 1.58. The van der Waals surface area contributed by atoms with Crippen LogP contribution in [0.15, 0.2) is 9.90 Å². The predicted molar refractivity (Wildman–Crippen MR) is 74.5 cm³/mol. The third-order valence-corrected chi connectivity index (χ3v) is 4.66. The second kappa shape index (κ2) is 4.88. The van der Waals surface area contributed by atoms with Crippen molar-refractivity contribution in [3.8, 4) is 0 Å². The molecule has 0 saturated carbocycles. The van der Waals surface area contributed by atoms with E-state index in [1.54, 1.807) is 17.8 Å². The fourth-order valence-electron chi connectivity index (χ4n) is 1.42. The monoisotopic (exact) mass is 287 g/mol. The molecule has 0 radical (unpaired) electrons. The van der Waals surface area contributed by atoms with Gasteiger partial charge in [-0.3, -0.25) is 9.48 Å². The van der Waals surface area contributed by atoms with Crippen LogP contribution < -0.4 is 0 Å². The zero-order chi connectivity index (χ0) is 12.6. The van der Waals surface area contributed by atoms with E-state index in [1.807, 2.05) is 13.2 Å². The molecule has 7 heteroatoms. The van der Waals surface area contributed by atoms with Gasteiger partial charge in [-0.25, -0.2) is 0 Å². The summed E-state index contributed by atoms with van der Waals surface area (Å²) in [5.74, 6) is -0.210. The highest BCUT2D eigenvalue weighted by atomic mass is 35.5. The molecule has 1 aromatic heterocycles. The zero-order valence-corrected chi connectivity index (χ0v) is 11.9. The van der Waals surface area contributed by atoms with Gasteiger partial charge >= 0.3 is 0 Å². The second-order valence-corrected chi connectivity index (χ2v) is 5.85. The van der Waals surface area contributed by atoms with E-state index in [1.165, 1.54) is 23.5 Å². The van der Waals surface area contributed by atoms with Crippen LogP contribution in [0.3, 0.4) is 0 Å². The molecule has 1 amide bonds. The second-order valence-electron chi connectivity index (χ2n) is 3.41. The minimum absolute atomic E-state index is 0.210. The van der Waals surface area contributed by atoms with Gasteiger partial charge in [0.05, 0.1) is 10.6 Å². The Balaban J connectivity index is 2.36. The van der Waals surface area contributed by atoms with Gasteiger partial charge in [-0.05, 0) is 19.3 Å². The van der Waals surface area contributed by atoms with Crippen LogP contribution in [-0.2, 0) is 11.8 Å². The molecule has 2 heterocycles. The number of aryl methyl sites for hydroxylation is 2. The Morgan fingerprint density at radius 2 is 2.24 bits per heavy atom. The summed E-state index contributed by atoms with van der Waals surface area (Å²) >= 11 is 8.93. The maximum Gasteiger partial charge on any atom is 0.285 e. The van der Waals surface area contributed by atoms with Crippen molar-refractivity contribution < 1.29 is 4.79 Å². The maximum absolute atomic E-state index is 11.6. The highest BCUT2D eigenvalue weighted by Gasteiger charge is 2.22. The number of rotatable bonds is 1. The van der Waals surface area contributed by atoms with Gasteiger partial charge in [-0.15, -0.1) is 11.8 Å². The van der Waals surface area contributed by atoms with Gasteiger partial charge in [0.1, 0.15) is 9.53 Å². The lowest BCUT2D eigenvalue weighted by Gasteiger charge is -1.95. The molecule has 0 bridgehead atoms. The van der Waals surface area contributed by atoms with Gasteiger partial charge in [0, 0.05) is 12.6 Å². The van der Waals surface area contributed by atoms with Crippen LogP contribution >= 0.6 is 35.1 Å². The summed E-state index contributed by atoms with van der Waals surface area (Å²) in [6.07, 6.45) is 3.65. The van der Waals surface area contributed by atoms with Crippen LogP contribution in [-0.4, -0.2) is 26.3 Å². The molecule has 0 unspecified atom stereocenters. The van der Waals surface area contributed by atoms with E-state index >= 15 is 0 Å². The Labute approximate surface area is 113 Å². The van der Waals surface area contributed by atoms with Crippen molar-refractivity contribution in [2.75, 3.05) is 6.26 Å². The fraction of sp³-hybridized carbons (Fsp3) is 0.300. The first-order valence-corrected chi connectivity index (χ1v) is 7.20. The first-order chi connectivity index (χ1) is 8.02. The van der Waals surface area contributed by atoms with Gasteiger partial charge in [-0.2, -0.15) is 10.1 Å². The molecule has 4 nitrogen and oxygen atoms in total. The van der Waals surface area contributed by atoms with Crippen LogP contribution in [0, 0.1) is 6.92 Å². The van der Waals surface area contributed by atoms with Crippen molar-refractivity contribution in [2.45, 2.75) is 6.92 Å². The van der Waals surface area contributed by atoms with E-state index in [2.05, 4.69) is 10.1 Å². The largest absolute Gasteiger partial charge is 0.285 e. The summed E-state index contributed by atoms with van der Waals surface area (Å²) in [7, 11) is 1.77. The number of nitrogens with zero attached hydrogens (tertiary/aromatic N) is 3. The molecule has 0 aromatic carbocycles. The molecule has 1 aliphatic heterocycles. The number of amides is 1. The van der Waals surface area contributed by atoms with Crippen molar-refractivity contribution in [2.24, 2.45) is 12.0 Å². The number of aliphatic imine (C=N–C) groups is 1. The minimum Gasteiger partial charge on any atom is -0.266 e. The number of thioether (sulfide) groups is 2. The lowest BCUT2D eigenvalue weighted by Crippen LogP contribution is -1.89. The number of aromatic nitrogens is 2. The summed E-state index contributed by atoms with van der Waals surface area (Å²) < 4.78 is 2.35. The molecule has 17 heavy (non-hydrogen) atoms. The Hall–Kier alpha value is -0.720. The first-order valence-electron chi connectivity index (χ1n) is 4.78. The first kappa shape index (κ1) is 12.7. The lowest BCUT2D eigenvalue weighted by atomic mass is 10.2. The van der Waals surface area contributed by atoms with Crippen LogP contribution in [0.25, 0.3) is 6.08 Å². The van der Waals surface area contributed by atoms with Gasteiger partial charge in [0.2, 0.25) is 0 Å². The summed E-state index contributed by atoms with van der Waals surface area (Å²) in [6, 6.07) is 0. The molecular formula is C10H10ClN3OS2. The van der Waals surface area contributed by atoms with E-state index in [9.17, 15) is 4.79 Å². The normalized spacial score (nSPS) is 18.0. The van der Waals surface area contributed by atoms with Crippen molar-refractivity contribution in [1.82, 2.24) is 9.78 Å². The Morgan fingerprint density at radius 1 is 1.53 bits per heavy atom. The fourth-order valence-corrected chi connectivity index (χ4v) is 3.05. The number of halogens is 1. The van der Waals surface area contributed by atoms with E-state index in [0.29, 0.717) is 10.1 Å². The van der Waals surface area contributed by atoms with Crippen LogP contribution in [0.1, 0.15) is 11.3 Å². The van der Waals surface area contributed by atoms with Gasteiger partial charge in [-0.1, -0.05) is 23.4 Å². The average Bonchev–Trinajstić information content (AvgIpc) is 2.75. The van der Waals surface area contributed by atoms with E-state index in [0.717, 1.165) is 15.6 Å². The topological polar surface area (TPSA) is 47.2 Å². The van der Waals surface area contributed by atoms with Crippen LogP contribution in [0.5, 0.6) is 0 Å². The summed E-state index contributed by atoms with van der Waals surface area (Å²) in [5, 5.41) is 4.72. The number of hydrogen-bond acceptors (Lipinski definition) is 4. The van der Waals surface area contributed by atoms with Crippen molar-refractivity contribution >= 4 is 51.5 Å². The van der Waals surface area contributed by atoms with Crippen molar-refractivity contribution in [3.05, 3.63) is 21.3 Å². The van der Waals surface area contributed by atoms with Gasteiger partial charge < -0.3 is 0 Å². The molecule has 0 N–H and O–H groups in total. The summed E-state index contributed by atoms with van der Waals surface area (Å²) in [6.45, 7) is 1.86. The number of hydrogen-bond donors (Lipinski definition) is 0. The van der Waals surface area contributed by atoms with Crippen molar-refractivity contribution in [3.63, 3.8) is 0 Å². The lowest BCUT2D eigenvalue weighted by molar-refractivity contribution is -0.113. The van der Waals surface area contributed by atoms with Crippen molar-refractivity contribution in [1.29, 1.82) is 0 Å². The SMILES string of the molecule is CSC1=NC(=O)/C(=C\c2c(C)nn(C)c2Cl)S1. The molecule has 1 aliphatic rings. The van der Waals surface area contributed by atoms with E-state index in [-0.39, 0.29) is 5.91 Å². The van der Waals surface area contributed by atoms with E-state index < -0.39 is 0 Å². The minimum atomic E-state index is -0.210. The predicted octanol–water partition coefficient (Wildman–Crippen LogP) is 2.72. The highest BCUT2D eigenvalue weighted by Crippen LogP contribution is 2.34. The maximum atomic E-state index is 11.6. The third-order valence-electron chi connectivity index (χ3n) is 2.25. The quantitative estimate of drug-likeness (QED) is 0.745. The number of carbonyl (C=O) groups excluding carboxylic acids is 1. The Bertz CT molecular complexity index is 548. The smallest absolute Gasteiger partial charge is 0.266 e. The van der Waals surface area contributed by atoms with Crippen LogP contribution in [0.2, 0.25) is 5.15 Å². The van der Waals surface area contributed by atoms with E-state index in [4.69, 9.17) is 11.6 Å². The Morgan fingerprint density at radius 3 is 2.71 bits per heavy atom. The summed E-state index contributed by atoms with van der Waals surface area (Å²) in [4.78, 5) is 16.1. The number of carbonyl (C=O) groups is 1. The van der Waals surface area contributed by atoms with Gasteiger partial charge in [0.25, 0.3) is 5.91 Å². The van der Waals surface area contributed by atoms with Crippen LogP contribution in [0.4, 0.5) is 0 Å². The molecule has 90 valence electrons. The molecule has 0 spiro atoms. The Kier molecular flexibility index (Phi) is 3.65. The highest BCUT2D eigenvalue weighted by molar-refractivity contribution is 8.40. The molecule has 0 atom stereocenters. The molecule has 2 rings (SSSR count). The third kappa shape index (κ3) is 2.43. The molecule has 0 saturated heterocycles. The standard InChI is InChI=1S/C10H10ClN3OS2/c1-5-6(8(11)14(2)13-5)4-7-9(15)12-10(16-3)17-7/h4H,1-3H3/b7-4+.